The maximum atomic E-state index is 11.8. The molecule has 0 aliphatic carbocycles. The Labute approximate surface area is 145 Å². The number of nitrogens with zero attached hydrogens (tertiary/aromatic N) is 1. The average molecular weight is 330 g/mol. The molecule has 1 heterocycles. The first kappa shape index (κ1) is 18.4. The Hall–Kier alpha value is -1.97. The van der Waals surface area contributed by atoms with Gasteiger partial charge < -0.3 is 14.6 Å². The summed E-state index contributed by atoms with van der Waals surface area (Å²) in [6, 6.07) is 8.51. The van der Waals surface area contributed by atoms with Crippen LogP contribution in [0.3, 0.4) is 0 Å². The van der Waals surface area contributed by atoms with E-state index >= 15 is 0 Å². The fourth-order valence-corrected chi connectivity index (χ4v) is 3.16. The second-order valence-corrected chi connectivity index (χ2v) is 7.42. The number of nitrogens with one attached hydrogen (secondary N) is 1. The fourth-order valence-electron chi connectivity index (χ4n) is 3.16. The number of fused-ring (bicyclic) bond motifs is 1. The molecule has 1 atom stereocenters. The van der Waals surface area contributed by atoms with Crippen LogP contribution in [0.1, 0.15) is 58.4 Å². The van der Waals surface area contributed by atoms with Crippen LogP contribution < -0.4 is 5.32 Å². The summed E-state index contributed by atoms with van der Waals surface area (Å²) in [5.74, 6) is 0.441. The van der Waals surface area contributed by atoms with Crippen LogP contribution in [-0.4, -0.2) is 22.8 Å². The van der Waals surface area contributed by atoms with Gasteiger partial charge in [0.25, 0.3) is 0 Å². The number of ether oxygens (including phenoxy) is 1. The molecule has 1 unspecified atom stereocenters. The van der Waals surface area contributed by atoms with Crippen molar-refractivity contribution < 1.29 is 9.53 Å². The molecule has 2 aromatic rings. The van der Waals surface area contributed by atoms with Gasteiger partial charge in [0.1, 0.15) is 5.60 Å². The molecule has 0 aliphatic rings. The van der Waals surface area contributed by atoms with E-state index in [2.05, 4.69) is 54.3 Å². The van der Waals surface area contributed by atoms with Crippen LogP contribution in [0.15, 0.2) is 30.5 Å². The van der Waals surface area contributed by atoms with E-state index in [4.69, 9.17) is 4.74 Å². The quantitative estimate of drug-likeness (QED) is 0.812. The summed E-state index contributed by atoms with van der Waals surface area (Å²) in [6.07, 6.45) is 5.06. The summed E-state index contributed by atoms with van der Waals surface area (Å²) in [4.78, 5) is 11.8. The standard InChI is InChI=1S/C20H30N2O2/c1-6-9-15(12-13-21-19(23)24-20(2,3)4)17-14-22(5)18-11-8-7-10-16(17)18/h7-8,10-11,14-15H,6,9,12-13H2,1-5H3,(H,21,23). The van der Waals surface area contributed by atoms with Gasteiger partial charge in [0.05, 0.1) is 0 Å². The number of carbonyl (C=O) groups excluding carboxylic acids is 1. The van der Waals surface area contributed by atoms with Crippen molar-refractivity contribution in [2.75, 3.05) is 6.54 Å². The van der Waals surface area contributed by atoms with E-state index in [1.165, 1.54) is 16.5 Å². The third-order valence-corrected chi connectivity index (χ3v) is 4.17. The van der Waals surface area contributed by atoms with Crippen molar-refractivity contribution in [2.24, 2.45) is 7.05 Å². The summed E-state index contributed by atoms with van der Waals surface area (Å²) in [5, 5.41) is 4.20. The van der Waals surface area contributed by atoms with Crippen LogP contribution in [0, 0.1) is 0 Å². The van der Waals surface area contributed by atoms with Crippen molar-refractivity contribution in [1.29, 1.82) is 0 Å². The molecular weight excluding hydrogens is 300 g/mol. The molecule has 132 valence electrons. The summed E-state index contributed by atoms with van der Waals surface area (Å²) in [7, 11) is 2.09. The molecule has 0 bridgehead atoms. The maximum Gasteiger partial charge on any atom is 0.407 e. The minimum absolute atomic E-state index is 0.337. The van der Waals surface area contributed by atoms with Gasteiger partial charge in [0, 0.05) is 30.7 Å². The highest BCUT2D eigenvalue weighted by molar-refractivity contribution is 5.84. The third kappa shape index (κ3) is 4.76. The zero-order valence-electron chi connectivity index (χ0n) is 15.6. The van der Waals surface area contributed by atoms with Crippen molar-refractivity contribution in [2.45, 2.75) is 58.5 Å². The number of benzene rings is 1. The number of carbonyl (C=O) groups is 1. The summed E-state index contributed by atoms with van der Waals surface area (Å²) in [6.45, 7) is 8.47. The molecule has 0 spiro atoms. The highest BCUT2D eigenvalue weighted by atomic mass is 16.6. The minimum Gasteiger partial charge on any atom is -0.444 e. The number of rotatable bonds is 6. The Morgan fingerprint density at radius 2 is 1.96 bits per heavy atom. The topological polar surface area (TPSA) is 43.3 Å². The average Bonchev–Trinajstić information content (AvgIpc) is 2.82. The second kappa shape index (κ2) is 7.73. The molecule has 0 aliphatic heterocycles. The summed E-state index contributed by atoms with van der Waals surface area (Å²) < 4.78 is 7.49. The Kier molecular flexibility index (Phi) is 5.92. The monoisotopic (exact) mass is 330 g/mol. The van der Waals surface area contributed by atoms with E-state index in [-0.39, 0.29) is 6.09 Å². The first-order valence-corrected chi connectivity index (χ1v) is 8.82. The number of aryl methyl sites for hydroxylation is 1. The Morgan fingerprint density at radius 3 is 2.62 bits per heavy atom. The van der Waals surface area contributed by atoms with Gasteiger partial charge in [-0.2, -0.15) is 0 Å². The van der Waals surface area contributed by atoms with Crippen LogP contribution in [0.2, 0.25) is 0 Å². The molecule has 0 saturated carbocycles. The number of para-hydroxylation sites is 1. The molecule has 0 fully saturated rings. The molecule has 1 aromatic carbocycles. The molecule has 0 radical (unpaired) electrons. The van der Waals surface area contributed by atoms with Gasteiger partial charge in [-0.1, -0.05) is 31.5 Å². The zero-order valence-corrected chi connectivity index (χ0v) is 15.6. The number of aromatic nitrogens is 1. The van der Waals surface area contributed by atoms with Crippen molar-refractivity contribution in [3.8, 4) is 0 Å². The van der Waals surface area contributed by atoms with Crippen LogP contribution in [0.4, 0.5) is 4.79 Å². The largest absolute Gasteiger partial charge is 0.444 e. The molecular formula is C20H30N2O2. The fraction of sp³-hybridized carbons (Fsp3) is 0.550. The van der Waals surface area contributed by atoms with Crippen LogP contribution >= 0.6 is 0 Å². The predicted octanol–water partition coefficient (Wildman–Crippen LogP) is 4.98. The molecule has 4 nitrogen and oxygen atoms in total. The van der Waals surface area contributed by atoms with E-state index in [0.29, 0.717) is 12.5 Å². The van der Waals surface area contributed by atoms with Crippen LogP contribution in [0.5, 0.6) is 0 Å². The zero-order chi connectivity index (χ0) is 17.7. The smallest absolute Gasteiger partial charge is 0.407 e. The van der Waals surface area contributed by atoms with Crippen LogP contribution in [-0.2, 0) is 11.8 Å². The molecule has 4 heteroatoms. The summed E-state index contributed by atoms with van der Waals surface area (Å²) >= 11 is 0. The predicted molar refractivity (Wildman–Crippen MR) is 99.4 cm³/mol. The number of alkyl carbamates (subject to hydrolysis) is 1. The Morgan fingerprint density at radius 1 is 1.25 bits per heavy atom. The second-order valence-electron chi connectivity index (χ2n) is 7.42. The first-order valence-electron chi connectivity index (χ1n) is 8.82. The van der Waals surface area contributed by atoms with Gasteiger partial charge in [0.15, 0.2) is 0 Å². The van der Waals surface area contributed by atoms with Crippen molar-refractivity contribution in [3.05, 3.63) is 36.0 Å². The molecule has 1 aromatic heterocycles. The van der Waals surface area contributed by atoms with Crippen molar-refractivity contribution >= 4 is 17.0 Å². The first-order chi connectivity index (χ1) is 11.3. The van der Waals surface area contributed by atoms with Gasteiger partial charge in [0.2, 0.25) is 0 Å². The lowest BCUT2D eigenvalue weighted by Crippen LogP contribution is -2.33. The van der Waals surface area contributed by atoms with Crippen molar-refractivity contribution in [1.82, 2.24) is 9.88 Å². The van der Waals surface area contributed by atoms with E-state index in [9.17, 15) is 4.79 Å². The summed E-state index contributed by atoms with van der Waals surface area (Å²) in [5.41, 5.74) is 2.18. The van der Waals surface area contributed by atoms with E-state index in [0.717, 1.165) is 19.3 Å². The molecule has 1 amide bonds. The maximum absolute atomic E-state index is 11.8. The van der Waals surface area contributed by atoms with Gasteiger partial charge in [-0.25, -0.2) is 4.79 Å². The van der Waals surface area contributed by atoms with Gasteiger partial charge in [-0.3, -0.25) is 0 Å². The van der Waals surface area contributed by atoms with E-state index < -0.39 is 5.60 Å². The molecule has 24 heavy (non-hydrogen) atoms. The SMILES string of the molecule is CCCC(CCNC(=O)OC(C)(C)C)c1cn(C)c2ccccc12. The van der Waals surface area contributed by atoms with Gasteiger partial charge in [-0.05, 0) is 51.2 Å². The lowest BCUT2D eigenvalue weighted by atomic mass is 9.91. The Bertz CT molecular complexity index is 682. The molecule has 0 saturated heterocycles. The highest BCUT2D eigenvalue weighted by Gasteiger charge is 2.18. The minimum atomic E-state index is -0.456. The highest BCUT2D eigenvalue weighted by Crippen LogP contribution is 2.32. The third-order valence-electron chi connectivity index (χ3n) is 4.17. The number of hydrogen-bond donors (Lipinski definition) is 1. The van der Waals surface area contributed by atoms with Gasteiger partial charge >= 0.3 is 6.09 Å². The molecule has 1 N–H and O–H groups in total. The van der Waals surface area contributed by atoms with Crippen LogP contribution in [0.25, 0.3) is 10.9 Å². The van der Waals surface area contributed by atoms with E-state index in [1.807, 2.05) is 20.8 Å². The lowest BCUT2D eigenvalue weighted by Gasteiger charge is -2.21. The number of amides is 1. The van der Waals surface area contributed by atoms with Crippen molar-refractivity contribution in [3.63, 3.8) is 0 Å². The number of hydrogen-bond acceptors (Lipinski definition) is 2. The van der Waals surface area contributed by atoms with Gasteiger partial charge in [-0.15, -0.1) is 0 Å². The lowest BCUT2D eigenvalue weighted by molar-refractivity contribution is 0.0526. The Balaban J connectivity index is 2.05. The van der Waals surface area contributed by atoms with E-state index in [1.54, 1.807) is 0 Å². The molecule has 2 rings (SSSR count). The normalized spacial score (nSPS) is 13.0.